The maximum absolute atomic E-state index is 13.3. The zero-order valence-electron chi connectivity index (χ0n) is 15.2. The highest BCUT2D eigenvalue weighted by atomic mass is 19.1. The first-order chi connectivity index (χ1) is 13.3. The van der Waals surface area contributed by atoms with E-state index in [0.717, 1.165) is 74.0 Å². The summed E-state index contributed by atoms with van der Waals surface area (Å²) >= 11 is 0. The van der Waals surface area contributed by atoms with Gasteiger partial charge in [-0.2, -0.15) is 0 Å². The normalized spacial score (nSPS) is 15.1. The third-order valence-electron chi connectivity index (χ3n) is 4.83. The van der Waals surface area contributed by atoms with Crippen LogP contribution in [0.1, 0.15) is 12.2 Å². The number of ether oxygens (including phenoxy) is 1. The predicted molar refractivity (Wildman–Crippen MR) is 103 cm³/mol. The minimum atomic E-state index is -0.245. The van der Waals surface area contributed by atoms with Crippen LogP contribution in [0.5, 0.6) is 0 Å². The van der Waals surface area contributed by atoms with Crippen molar-refractivity contribution >= 4 is 0 Å². The van der Waals surface area contributed by atoms with Crippen molar-refractivity contribution in [1.29, 1.82) is 0 Å². The quantitative estimate of drug-likeness (QED) is 0.725. The molecule has 5 nitrogen and oxygen atoms in total. The number of benzene rings is 1. The number of pyridine rings is 1. The van der Waals surface area contributed by atoms with Crippen LogP contribution in [0.15, 0.2) is 48.8 Å². The van der Waals surface area contributed by atoms with Crippen LogP contribution in [0.25, 0.3) is 22.5 Å². The fourth-order valence-electron chi connectivity index (χ4n) is 3.38. The van der Waals surface area contributed by atoms with Crippen molar-refractivity contribution in [1.82, 2.24) is 19.9 Å². The maximum atomic E-state index is 13.3. The molecule has 140 valence electrons. The van der Waals surface area contributed by atoms with E-state index in [2.05, 4.69) is 14.9 Å². The molecule has 1 aliphatic heterocycles. The van der Waals surface area contributed by atoms with Crippen LogP contribution < -0.4 is 0 Å². The molecule has 2 aromatic heterocycles. The Morgan fingerprint density at radius 3 is 2.48 bits per heavy atom. The Kier molecular flexibility index (Phi) is 5.55. The zero-order chi connectivity index (χ0) is 18.5. The summed E-state index contributed by atoms with van der Waals surface area (Å²) in [6.45, 7) is 4.69. The Hall–Kier alpha value is -2.57. The van der Waals surface area contributed by atoms with Crippen LogP contribution in [0.4, 0.5) is 4.39 Å². The van der Waals surface area contributed by atoms with E-state index in [4.69, 9.17) is 9.72 Å². The Balaban J connectivity index is 1.54. The van der Waals surface area contributed by atoms with Crippen molar-refractivity contribution in [3.05, 3.63) is 60.4 Å². The lowest BCUT2D eigenvalue weighted by molar-refractivity contribution is 0.0374. The second-order valence-electron chi connectivity index (χ2n) is 6.71. The molecule has 1 fully saturated rings. The standard InChI is InChI=1S/C21H23FN4O/c22-18-5-3-16(4-6-18)20-21(17-7-9-23-10-8-17)25-19(24-20)2-1-11-26-12-14-27-15-13-26/h3-10H,1-2,11-15H2,(H,24,25). The lowest BCUT2D eigenvalue weighted by atomic mass is 10.1. The van der Waals surface area contributed by atoms with E-state index < -0.39 is 0 Å². The van der Waals surface area contributed by atoms with Gasteiger partial charge in [0.05, 0.1) is 24.6 Å². The van der Waals surface area contributed by atoms with E-state index in [1.807, 2.05) is 12.1 Å². The molecule has 1 N–H and O–H groups in total. The van der Waals surface area contributed by atoms with Gasteiger partial charge in [0, 0.05) is 43.0 Å². The van der Waals surface area contributed by atoms with Crippen LogP contribution in [-0.2, 0) is 11.2 Å². The summed E-state index contributed by atoms with van der Waals surface area (Å²) in [5, 5.41) is 0. The van der Waals surface area contributed by atoms with Crippen molar-refractivity contribution in [2.45, 2.75) is 12.8 Å². The minimum Gasteiger partial charge on any atom is -0.379 e. The van der Waals surface area contributed by atoms with Crippen molar-refractivity contribution < 1.29 is 9.13 Å². The molecule has 3 heterocycles. The number of hydrogen-bond donors (Lipinski definition) is 1. The summed E-state index contributed by atoms with van der Waals surface area (Å²) in [6.07, 6.45) is 5.44. The van der Waals surface area contributed by atoms with Gasteiger partial charge < -0.3 is 9.72 Å². The smallest absolute Gasteiger partial charge is 0.123 e. The minimum absolute atomic E-state index is 0.245. The molecule has 0 amide bonds. The second-order valence-corrected chi connectivity index (χ2v) is 6.71. The highest BCUT2D eigenvalue weighted by Crippen LogP contribution is 2.30. The van der Waals surface area contributed by atoms with Gasteiger partial charge >= 0.3 is 0 Å². The number of imidazole rings is 1. The Morgan fingerprint density at radius 1 is 1.00 bits per heavy atom. The summed E-state index contributed by atoms with van der Waals surface area (Å²) in [6, 6.07) is 10.4. The van der Waals surface area contributed by atoms with Crippen molar-refractivity contribution in [2.24, 2.45) is 0 Å². The van der Waals surface area contributed by atoms with Crippen LogP contribution in [0.3, 0.4) is 0 Å². The number of aryl methyl sites for hydroxylation is 1. The number of halogens is 1. The van der Waals surface area contributed by atoms with E-state index in [-0.39, 0.29) is 5.82 Å². The molecule has 3 aromatic rings. The lowest BCUT2D eigenvalue weighted by Gasteiger charge is -2.26. The topological polar surface area (TPSA) is 54.0 Å². The van der Waals surface area contributed by atoms with E-state index in [1.165, 1.54) is 12.1 Å². The first kappa shape index (κ1) is 17.8. The largest absolute Gasteiger partial charge is 0.379 e. The average Bonchev–Trinajstić information content (AvgIpc) is 3.14. The van der Waals surface area contributed by atoms with Gasteiger partial charge in [0.1, 0.15) is 11.6 Å². The number of H-pyrrole nitrogens is 1. The summed E-state index contributed by atoms with van der Waals surface area (Å²) < 4.78 is 18.7. The van der Waals surface area contributed by atoms with Crippen LogP contribution in [0.2, 0.25) is 0 Å². The van der Waals surface area contributed by atoms with Crippen molar-refractivity contribution in [3.8, 4) is 22.5 Å². The van der Waals surface area contributed by atoms with Gasteiger partial charge in [0.2, 0.25) is 0 Å². The molecule has 0 spiro atoms. The highest BCUT2D eigenvalue weighted by molar-refractivity contribution is 5.78. The molecule has 27 heavy (non-hydrogen) atoms. The summed E-state index contributed by atoms with van der Waals surface area (Å²) in [4.78, 5) is 14.8. The van der Waals surface area contributed by atoms with Gasteiger partial charge in [-0.05, 0) is 49.4 Å². The van der Waals surface area contributed by atoms with Gasteiger partial charge in [-0.1, -0.05) is 0 Å². The highest BCUT2D eigenvalue weighted by Gasteiger charge is 2.15. The average molecular weight is 366 g/mol. The number of morpholine rings is 1. The number of hydrogen-bond acceptors (Lipinski definition) is 4. The Labute approximate surface area is 158 Å². The van der Waals surface area contributed by atoms with E-state index >= 15 is 0 Å². The summed E-state index contributed by atoms with van der Waals surface area (Å²) in [5.74, 6) is 0.708. The van der Waals surface area contributed by atoms with E-state index in [0.29, 0.717) is 0 Å². The molecule has 0 aliphatic carbocycles. The van der Waals surface area contributed by atoms with Gasteiger partial charge in [0.15, 0.2) is 0 Å². The SMILES string of the molecule is Fc1ccc(-c2nc(CCCN3CCOCC3)[nH]c2-c2ccncc2)cc1. The second kappa shape index (κ2) is 8.41. The molecule has 1 aromatic carbocycles. The third kappa shape index (κ3) is 4.40. The third-order valence-corrected chi connectivity index (χ3v) is 4.83. The van der Waals surface area contributed by atoms with Gasteiger partial charge in [-0.25, -0.2) is 9.37 Å². The predicted octanol–water partition coefficient (Wildman–Crippen LogP) is 3.54. The summed E-state index contributed by atoms with van der Waals surface area (Å²) in [7, 11) is 0. The van der Waals surface area contributed by atoms with Crippen LogP contribution in [0, 0.1) is 5.82 Å². The monoisotopic (exact) mass is 366 g/mol. The van der Waals surface area contributed by atoms with E-state index in [1.54, 1.807) is 24.5 Å². The van der Waals surface area contributed by atoms with Crippen LogP contribution >= 0.6 is 0 Å². The zero-order valence-corrected chi connectivity index (χ0v) is 15.2. The Bertz CT molecular complexity index is 858. The molecule has 1 aliphatic rings. The molecule has 0 radical (unpaired) electrons. The number of aromatic nitrogens is 3. The number of aromatic amines is 1. The maximum Gasteiger partial charge on any atom is 0.123 e. The number of rotatable bonds is 6. The molecule has 0 atom stereocenters. The molecule has 0 unspecified atom stereocenters. The van der Waals surface area contributed by atoms with Gasteiger partial charge in [-0.3, -0.25) is 9.88 Å². The van der Waals surface area contributed by atoms with Crippen LogP contribution in [-0.4, -0.2) is 52.7 Å². The van der Waals surface area contributed by atoms with Crippen molar-refractivity contribution in [2.75, 3.05) is 32.8 Å². The first-order valence-corrected chi connectivity index (χ1v) is 9.35. The fourth-order valence-corrected chi connectivity index (χ4v) is 3.38. The molecule has 1 saturated heterocycles. The molecular formula is C21H23FN4O. The molecule has 4 rings (SSSR count). The fraction of sp³-hybridized carbons (Fsp3) is 0.333. The molecule has 6 heteroatoms. The van der Waals surface area contributed by atoms with Crippen molar-refractivity contribution in [3.63, 3.8) is 0 Å². The molecular weight excluding hydrogens is 343 g/mol. The Morgan fingerprint density at radius 2 is 1.74 bits per heavy atom. The van der Waals surface area contributed by atoms with Gasteiger partial charge in [0.25, 0.3) is 0 Å². The van der Waals surface area contributed by atoms with E-state index in [9.17, 15) is 4.39 Å². The lowest BCUT2D eigenvalue weighted by Crippen LogP contribution is -2.36. The number of nitrogens with one attached hydrogen (secondary N) is 1. The molecule has 0 saturated carbocycles. The molecule has 0 bridgehead atoms. The first-order valence-electron chi connectivity index (χ1n) is 9.35. The number of nitrogens with zero attached hydrogens (tertiary/aromatic N) is 3. The van der Waals surface area contributed by atoms with Gasteiger partial charge in [-0.15, -0.1) is 0 Å². The summed E-state index contributed by atoms with van der Waals surface area (Å²) in [5.41, 5.74) is 3.73.